The maximum atomic E-state index is 15.2. The Labute approximate surface area is 243 Å². The third kappa shape index (κ3) is 7.63. The first-order valence-corrected chi connectivity index (χ1v) is 18.5. The molecule has 222 valence electrons. The molecule has 0 saturated heterocycles. The molecule has 0 bridgehead atoms. The van der Waals surface area contributed by atoms with E-state index in [0.29, 0.717) is 11.1 Å². The Kier molecular flexibility index (Phi) is 10.3. The van der Waals surface area contributed by atoms with Crippen LogP contribution in [0.4, 0.5) is 4.39 Å². The van der Waals surface area contributed by atoms with Crippen LogP contribution in [-0.4, -0.2) is 28.5 Å². The lowest BCUT2D eigenvalue weighted by molar-refractivity contribution is -0.117. The van der Waals surface area contributed by atoms with Gasteiger partial charge < -0.3 is 9.53 Å². The number of thiazole rings is 1. The molecular weight excluding hydrogens is 568 g/mol. The Balaban J connectivity index is 2.63. The predicted octanol–water partition coefficient (Wildman–Crippen LogP) is 6.62. The number of nitrogens with two attached hydrogens (primary N) is 1. The monoisotopic (exact) mass is 610 g/mol. The molecule has 12 heteroatoms. The number of carbonyl (C=O) groups excluding carboxylic acids is 1. The molecule has 0 saturated carbocycles. The van der Waals surface area contributed by atoms with Crippen LogP contribution in [-0.2, 0) is 37.8 Å². The fourth-order valence-corrected chi connectivity index (χ4v) is 7.35. The Morgan fingerprint density at radius 3 is 2.27 bits per heavy atom. The van der Waals surface area contributed by atoms with Crippen molar-refractivity contribution in [2.75, 3.05) is 0 Å². The summed E-state index contributed by atoms with van der Waals surface area (Å²) in [5.41, 5.74) is 0.185. The number of hydrogen-bond donors (Lipinski definition) is 2. The van der Waals surface area contributed by atoms with E-state index in [0.717, 1.165) is 11.3 Å². The Morgan fingerprint density at radius 1 is 1.25 bits per heavy atom. The van der Waals surface area contributed by atoms with E-state index in [9.17, 15) is 19.4 Å². The van der Waals surface area contributed by atoms with E-state index in [-0.39, 0.29) is 55.9 Å². The lowest BCUT2D eigenvalue weighted by Gasteiger charge is -2.36. The summed E-state index contributed by atoms with van der Waals surface area (Å²) in [6, 6.07) is 3.36. The van der Waals surface area contributed by atoms with E-state index in [4.69, 9.17) is 9.56 Å². The Bertz CT molecular complexity index is 1440. The fraction of sp³-hybridized carbons (Fsp3) is 0.607. The van der Waals surface area contributed by atoms with Gasteiger partial charge in [-0.25, -0.2) is 18.7 Å². The van der Waals surface area contributed by atoms with Gasteiger partial charge in [0.2, 0.25) is 0 Å². The van der Waals surface area contributed by atoms with Gasteiger partial charge in [0, 0.05) is 0 Å². The minimum absolute atomic E-state index is 0.00609. The number of carbonyl (C=O) groups is 1. The van der Waals surface area contributed by atoms with Gasteiger partial charge in [-0.2, -0.15) is 5.26 Å². The summed E-state index contributed by atoms with van der Waals surface area (Å²) in [6.45, 7) is 20.9. The van der Waals surface area contributed by atoms with Gasteiger partial charge in [-0.1, -0.05) is 48.5 Å². The van der Waals surface area contributed by atoms with E-state index < -0.39 is 35.6 Å². The number of aromatic nitrogens is 1. The second kappa shape index (κ2) is 12.1. The molecule has 0 spiro atoms. The van der Waals surface area contributed by atoms with Crippen molar-refractivity contribution in [3.05, 3.63) is 44.8 Å². The molecular formula is C28H43FN4O4S2Si. The maximum Gasteiger partial charge on any atom is 0.259 e. The first-order chi connectivity index (χ1) is 18.0. The van der Waals surface area contributed by atoms with Crippen molar-refractivity contribution in [3.63, 3.8) is 0 Å². The number of amides is 1. The zero-order chi connectivity index (χ0) is 31.0. The van der Waals surface area contributed by atoms with Gasteiger partial charge in [0.1, 0.15) is 26.7 Å². The summed E-state index contributed by atoms with van der Waals surface area (Å²) in [6.07, 6.45) is -0.329. The SMILES string of the molecule is CC(C)c1cc(C#N)c(F)c(C(C)C)c1CC(=O)N=S(N)(=O)c1sc(C(C)(C)O)nc1CO[Si](C)(C)C(C)(C)C. The molecule has 1 aromatic carbocycles. The van der Waals surface area contributed by atoms with Crippen molar-refractivity contribution in [1.82, 2.24) is 4.98 Å². The molecule has 2 rings (SSSR count). The van der Waals surface area contributed by atoms with Crippen LogP contribution in [0.25, 0.3) is 0 Å². The molecule has 0 aliphatic carbocycles. The summed E-state index contributed by atoms with van der Waals surface area (Å²) >= 11 is 0.935. The average Bonchev–Trinajstić information content (AvgIpc) is 3.22. The van der Waals surface area contributed by atoms with Crippen LogP contribution in [0.5, 0.6) is 0 Å². The maximum absolute atomic E-state index is 15.2. The van der Waals surface area contributed by atoms with Crippen LogP contribution in [0.2, 0.25) is 18.1 Å². The minimum atomic E-state index is -3.78. The van der Waals surface area contributed by atoms with Gasteiger partial charge in [0.05, 0.1) is 24.3 Å². The van der Waals surface area contributed by atoms with Crippen molar-refractivity contribution in [2.24, 2.45) is 9.50 Å². The lowest BCUT2D eigenvalue weighted by atomic mass is 9.85. The second-order valence-corrected chi connectivity index (χ2v) is 20.5. The second-order valence-electron chi connectivity index (χ2n) is 12.7. The molecule has 0 aliphatic rings. The van der Waals surface area contributed by atoms with Crippen molar-refractivity contribution < 1.29 is 22.9 Å². The van der Waals surface area contributed by atoms with Crippen molar-refractivity contribution in [3.8, 4) is 6.07 Å². The first-order valence-electron chi connectivity index (χ1n) is 13.2. The largest absolute Gasteiger partial charge is 0.411 e. The summed E-state index contributed by atoms with van der Waals surface area (Å²) in [4.78, 5) is 17.8. The highest BCUT2D eigenvalue weighted by Gasteiger charge is 2.38. The van der Waals surface area contributed by atoms with Crippen LogP contribution in [0, 0.1) is 17.1 Å². The molecule has 1 aromatic heterocycles. The van der Waals surface area contributed by atoms with Gasteiger partial charge >= 0.3 is 0 Å². The third-order valence-corrected chi connectivity index (χ3v) is 15.0. The van der Waals surface area contributed by atoms with E-state index in [2.05, 4.69) is 43.2 Å². The topological polar surface area (TPSA) is 139 Å². The lowest BCUT2D eigenvalue weighted by Crippen LogP contribution is -2.40. The molecule has 40 heavy (non-hydrogen) atoms. The number of halogens is 1. The predicted molar refractivity (Wildman–Crippen MR) is 160 cm³/mol. The number of hydrogen-bond acceptors (Lipinski definition) is 7. The van der Waals surface area contributed by atoms with Crippen LogP contribution < -0.4 is 5.14 Å². The molecule has 8 nitrogen and oxygen atoms in total. The first kappa shape index (κ1) is 34.2. The minimum Gasteiger partial charge on any atom is -0.411 e. The molecule has 0 aliphatic heterocycles. The Morgan fingerprint density at radius 2 is 1.82 bits per heavy atom. The van der Waals surface area contributed by atoms with Gasteiger partial charge in [-0.15, -0.1) is 15.7 Å². The van der Waals surface area contributed by atoms with Crippen LogP contribution in [0.1, 0.15) is 107 Å². The molecule has 2 aromatic rings. The molecule has 1 unspecified atom stereocenters. The van der Waals surface area contributed by atoms with E-state index in [1.165, 1.54) is 6.07 Å². The summed E-state index contributed by atoms with van der Waals surface area (Å²) in [7, 11) is -6.01. The molecule has 1 amide bonds. The van der Waals surface area contributed by atoms with E-state index in [1.807, 2.05) is 19.9 Å². The molecule has 3 N–H and O–H groups in total. The van der Waals surface area contributed by atoms with Crippen LogP contribution >= 0.6 is 11.3 Å². The van der Waals surface area contributed by atoms with Crippen molar-refractivity contribution in [2.45, 2.75) is 115 Å². The number of aliphatic hydroxyl groups is 1. The molecule has 0 fully saturated rings. The molecule has 1 atom stereocenters. The number of benzene rings is 1. The highest BCUT2D eigenvalue weighted by Crippen LogP contribution is 2.39. The van der Waals surface area contributed by atoms with Crippen LogP contribution in [0.3, 0.4) is 0 Å². The van der Waals surface area contributed by atoms with Crippen LogP contribution in [0.15, 0.2) is 14.6 Å². The average molecular weight is 611 g/mol. The van der Waals surface area contributed by atoms with E-state index in [1.54, 1.807) is 27.7 Å². The fourth-order valence-electron chi connectivity index (χ4n) is 3.90. The normalized spacial score (nSPS) is 14.4. The summed E-state index contributed by atoms with van der Waals surface area (Å²) < 4.78 is 39.3. The molecule has 0 radical (unpaired) electrons. The standard InChI is InChI=1S/C28H43FN4O4S2Si/c1-16(2)19-12-18(14-30)24(29)23(17(3)4)20(19)13-22(34)33-39(31,36)25-21(32-26(38-25)28(8,9)35)15-37-40(10,11)27(5,6)7/h12,16-17,35H,13,15H2,1-11H3,(H2,31,33,34,36). The van der Waals surface area contributed by atoms with Gasteiger partial charge in [0.15, 0.2) is 18.2 Å². The highest BCUT2D eigenvalue weighted by molar-refractivity contribution is 7.93. The molecule has 1 heterocycles. The zero-order valence-corrected chi connectivity index (χ0v) is 28.1. The third-order valence-electron chi connectivity index (χ3n) is 7.16. The van der Waals surface area contributed by atoms with Crippen molar-refractivity contribution >= 4 is 35.5 Å². The quantitative estimate of drug-likeness (QED) is 0.306. The van der Waals surface area contributed by atoms with Gasteiger partial charge in [-0.3, -0.25) is 4.79 Å². The number of nitrogens with zero attached hydrogens (tertiary/aromatic N) is 3. The number of nitriles is 1. The summed E-state index contributed by atoms with van der Waals surface area (Å²) in [5, 5.41) is 26.4. The van der Waals surface area contributed by atoms with Gasteiger partial charge in [-0.05, 0) is 66.6 Å². The van der Waals surface area contributed by atoms with Crippen molar-refractivity contribution in [1.29, 1.82) is 5.26 Å². The smallest absolute Gasteiger partial charge is 0.259 e. The highest BCUT2D eigenvalue weighted by atomic mass is 32.2. The number of rotatable bonds is 9. The summed E-state index contributed by atoms with van der Waals surface area (Å²) in [5.74, 6) is -1.87. The Hall–Kier alpha value is -2.01. The van der Waals surface area contributed by atoms with E-state index >= 15 is 4.39 Å². The van der Waals surface area contributed by atoms with Gasteiger partial charge in [0.25, 0.3) is 5.91 Å². The zero-order valence-electron chi connectivity index (χ0n) is 25.4.